The molecule has 0 spiro atoms. The van der Waals surface area contributed by atoms with Gasteiger partial charge in [-0.05, 0) is 45.0 Å². The van der Waals surface area contributed by atoms with Crippen LogP contribution in [0.1, 0.15) is 19.4 Å². The van der Waals surface area contributed by atoms with Crippen molar-refractivity contribution in [1.82, 2.24) is 10.3 Å². The minimum absolute atomic E-state index is 0.0903. The maximum absolute atomic E-state index is 11.6. The Kier molecular flexibility index (Phi) is 4.77. The van der Waals surface area contributed by atoms with Gasteiger partial charge in [-0.3, -0.25) is 5.32 Å². The summed E-state index contributed by atoms with van der Waals surface area (Å²) in [4.78, 5) is 15.8. The van der Waals surface area contributed by atoms with E-state index in [1.165, 1.54) is 5.56 Å². The van der Waals surface area contributed by atoms with Gasteiger partial charge in [0.25, 0.3) is 0 Å². The summed E-state index contributed by atoms with van der Waals surface area (Å²) in [5.74, 6) is 0.516. The zero-order valence-electron chi connectivity index (χ0n) is 12.5. The maximum atomic E-state index is 11.6. The van der Waals surface area contributed by atoms with Crippen molar-refractivity contribution in [3.8, 4) is 0 Å². The normalized spacial score (nSPS) is 10.3. The third-order valence-corrected chi connectivity index (χ3v) is 2.77. The summed E-state index contributed by atoms with van der Waals surface area (Å²) in [6, 6.07) is 11.6. The molecule has 0 bridgehead atoms. The lowest BCUT2D eigenvalue weighted by molar-refractivity contribution is 0.250. The molecule has 21 heavy (non-hydrogen) atoms. The number of aromatic nitrogens is 1. The fourth-order valence-corrected chi connectivity index (χ4v) is 1.76. The number of amides is 2. The van der Waals surface area contributed by atoms with Crippen molar-refractivity contribution in [2.75, 3.05) is 10.6 Å². The summed E-state index contributed by atoms with van der Waals surface area (Å²) in [6.07, 6.45) is 1.69. The van der Waals surface area contributed by atoms with Crippen molar-refractivity contribution in [1.29, 1.82) is 0 Å². The second kappa shape index (κ2) is 6.74. The zero-order valence-corrected chi connectivity index (χ0v) is 12.5. The van der Waals surface area contributed by atoms with Gasteiger partial charge in [0.15, 0.2) is 0 Å². The van der Waals surface area contributed by atoms with Gasteiger partial charge in [0.2, 0.25) is 0 Å². The average Bonchev–Trinajstić information content (AvgIpc) is 2.42. The minimum Gasteiger partial charge on any atom is -0.354 e. The smallest absolute Gasteiger partial charge is 0.320 e. The van der Waals surface area contributed by atoms with Gasteiger partial charge in [-0.2, -0.15) is 0 Å². The Labute approximate surface area is 124 Å². The number of carbonyl (C=O) groups excluding carboxylic acids is 1. The summed E-state index contributed by atoms with van der Waals surface area (Å²) < 4.78 is 0. The van der Waals surface area contributed by atoms with Crippen LogP contribution >= 0.6 is 0 Å². The number of nitrogens with one attached hydrogen (secondary N) is 3. The van der Waals surface area contributed by atoms with E-state index >= 15 is 0 Å². The predicted molar refractivity (Wildman–Crippen MR) is 86.0 cm³/mol. The number of carbonyl (C=O) groups is 1. The van der Waals surface area contributed by atoms with Gasteiger partial charge in [0, 0.05) is 11.7 Å². The van der Waals surface area contributed by atoms with Crippen LogP contribution in [0.2, 0.25) is 0 Å². The van der Waals surface area contributed by atoms with Gasteiger partial charge in [-0.15, -0.1) is 0 Å². The largest absolute Gasteiger partial charge is 0.354 e. The summed E-state index contributed by atoms with van der Waals surface area (Å²) in [6.45, 7) is 5.86. The van der Waals surface area contributed by atoms with Gasteiger partial charge in [0.1, 0.15) is 5.82 Å². The monoisotopic (exact) mass is 284 g/mol. The van der Waals surface area contributed by atoms with Gasteiger partial charge in [-0.1, -0.05) is 17.7 Å². The Morgan fingerprint density at radius 1 is 1.05 bits per heavy atom. The van der Waals surface area contributed by atoms with E-state index in [-0.39, 0.29) is 12.1 Å². The number of rotatable bonds is 4. The van der Waals surface area contributed by atoms with E-state index in [1.54, 1.807) is 12.3 Å². The van der Waals surface area contributed by atoms with Crippen molar-refractivity contribution in [2.24, 2.45) is 0 Å². The number of benzene rings is 1. The molecule has 0 saturated carbocycles. The molecule has 3 N–H and O–H groups in total. The Morgan fingerprint density at radius 3 is 2.29 bits per heavy atom. The van der Waals surface area contributed by atoms with E-state index in [0.29, 0.717) is 5.82 Å². The summed E-state index contributed by atoms with van der Waals surface area (Å²) >= 11 is 0. The molecule has 1 heterocycles. The number of pyridine rings is 1. The van der Waals surface area contributed by atoms with Crippen molar-refractivity contribution in [3.63, 3.8) is 0 Å². The first-order valence-electron chi connectivity index (χ1n) is 6.90. The molecule has 0 aliphatic heterocycles. The summed E-state index contributed by atoms with van der Waals surface area (Å²) in [7, 11) is 0. The molecule has 2 amide bonds. The highest BCUT2D eigenvalue weighted by atomic mass is 16.2. The van der Waals surface area contributed by atoms with E-state index in [9.17, 15) is 4.79 Å². The van der Waals surface area contributed by atoms with Crippen LogP contribution in [0.5, 0.6) is 0 Å². The molecule has 0 saturated heterocycles. The maximum Gasteiger partial charge on any atom is 0.320 e. The Hall–Kier alpha value is -2.56. The van der Waals surface area contributed by atoms with E-state index in [4.69, 9.17) is 0 Å². The van der Waals surface area contributed by atoms with Gasteiger partial charge in [-0.25, -0.2) is 9.78 Å². The van der Waals surface area contributed by atoms with Crippen molar-refractivity contribution in [2.45, 2.75) is 26.8 Å². The molecule has 5 heteroatoms. The first kappa shape index (κ1) is 14.8. The highest BCUT2D eigenvalue weighted by Crippen LogP contribution is 2.17. The molecule has 2 aromatic rings. The number of aryl methyl sites for hydroxylation is 1. The molecule has 0 aliphatic carbocycles. The third kappa shape index (κ3) is 4.80. The van der Waals surface area contributed by atoms with Crippen LogP contribution in [-0.2, 0) is 0 Å². The Balaban J connectivity index is 1.95. The second-order valence-corrected chi connectivity index (χ2v) is 5.18. The van der Waals surface area contributed by atoms with E-state index in [2.05, 4.69) is 20.9 Å². The number of urea groups is 1. The highest BCUT2D eigenvalue weighted by molar-refractivity contribution is 5.88. The van der Waals surface area contributed by atoms with Crippen LogP contribution < -0.4 is 16.0 Å². The lowest BCUT2D eigenvalue weighted by atomic mass is 10.2. The molecule has 5 nitrogen and oxygen atoms in total. The molecule has 0 atom stereocenters. The first-order chi connectivity index (χ1) is 10.0. The number of hydrogen-bond donors (Lipinski definition) is 3. The molecular weight excluding hydrogens is 264 g/mol. The van der Waals surface area contributed by atoms with Crippen LogP contribution in [0.15, 0.2) is 42.6 Å². The standard InChI is InChI=1S/C16H20N4O/c1-11(2)18-16(21)20-15-9-8-14(10-17-15)19-13-6-4-12(3)5-7-13/h4-11,19H,1-3H3,(H2,17,18,20,21). The third-order valence-electron chi connectivity index (χ3n) is 2.77. The van der Waals surface area contributed by atoms with Crippen molar-refractivity contribution < 1.29 is 4.79 Å². The SMILES string of the molecule is Cc1ccc(Nc2ccc(NC(=O)NC(C)C)nc2)cc1. The summed E-state index contributed by atoms with van der Waals surface area (Å²) in [5, 5.41) is 8.68. The molecule has 1 aromatic carbocycles. The number of nitrogens with zero attached hydrogens (tertiary/aromatic N) is 1. The lowest BCUT2D eigenvalue weighted by Gasteiger charge is -2.10. The van der Waals surface area contributed by atoms with Crippen LogP contribution in [-0.4, -0.2) is 17.1 Å². The fraction of sp³-hybridized carbons (Fsp3) is 0.250. The van der Waals surface area contributed by atoms with Crippen LogP contribution in [0.3, 0.4) is 0 Å². The molecule has 0 aliphatic rings. The fourth-order valence-electron chi connectivity index (χ4n) is 1.76. The molecule has 0 radical (unpaired) electrons. The van der Waals surface area contributed by atoms with Crippen molar-refractivity contribution in [3.05, 3.63) is 48.2 Å². The quantitative estimate of drug-likeness (QED) is 0.802. The molecular formula is C16H20N4O. The number of anilines is 3. The second-order valence-electron chi connectivity index (χ2n) is 5.18. The molecule has 0 fully saturated rings. The van der Waals surface area contributed by atoms with Gasteiger partial charge < -0.3 is 10.6 Å². The Bertz CT molecular complexity index is 591. The lowest BCUT2D eigenvalue weighted by Crippen LogP contribution is -2.34. The van der Waals surface area contributed by atoms with Crippen LogP contribution in [0, 0.1) is 6.92 Å². The minimum atomic E-state index is -0.253. The number of hydrogen-bond acceptors (Lipinski definition) is 3. The molecule has 2 rings (SSSR count). The molecule has 0 unspecified atom stereocenters. The first-order valence-corrected chi connectivity index (χ1v) is 6.90. The molecule has 110 valence electrons. The van der Waals surface area contributed by atoms with Crippen LogP contribution in [0.25, 0.3) is 0 Å². The van der Waals surface area contributed by atoms with E-state index < -0.39 is 0 Å². The highest BCUT2D eigenvalue weighted by Gasteiger charge is 2.04. The van der Waals surface area contributed by atoms with E-state index in [1.807, 2.05) is 51.1 Å². The zero-order chi connectivity index (χ0) is 15.2. The molecule has 1 aromatic heterocycles. The van der Waals surface area contributed by atoms with Gasteiger partial charge in [0.05, 0.1) is 11.9 Å². The predicted octanol–water partition coefficient (Wildman–Crippen LogP) is 3.66. The Morgan fingerprint density at radius 2 is 1.71 bits per heavy atom. The van der Waals surface area contributed by atoms with Gasteiger partial charge >= 0.3 is 6.03 Å². The topological polar surface area (TPSA) is 66.0 Å². The van der Waals surface area contributed by atoms with Crippen LogP contribution in [0.4, 0.5) is 22.0 Å². The average molecular weight is 284 g/mol. The summed E-state index contributed by atoms with van der Waals surface area (Å²) in [5.41, 5.74) is 3.09. The van der Waals surface area contributed by atoms with E-state index in [0.717, 1.165) is 11.4 Å². The van der Waals surface area contributed by atoms with Crippen molar-refractivity contribution >= 4 is 23.2 Å².